The van der Waals surface area contributed by atoms with Gasteiger partial charge in [0.1, 0.15) is 10.3 Å². The lowest BCUT2D eigenvalue weighted by Gasteiger charge is -2.11. The number of halogens is 6. The van der Waals surface area contributed by atoms with Crippen LogP contribution in [0.4, 0.5) is 13.2 Å². The maximum Gasteiger partial charge on any atom is 0.417 e. The summed E-state index contributed by atoms with van der Waals surface area (Å²) in [4.78, 5) is 20.6. The Bertz CT molecular complexity index is 1370. The molecule has 4 aromatic rings. The first-order chi connectivity index (χ1) is 15.0. The third-order valence-corrected chi connectivity index (χ3v) is 5.02. The van der Waals surface area contributed by atoms with Crippen LogP contribution in [0.5, 0.6) is 0 Å². The summed E-state index contributed by atoms with van der Waals surface area (Å²) in [5, 5.41) is 4.39. The molecule has 0 radical (unpaired) electrons. The molecule has 0 atom stereocenters. The fourth-order valence-electron chi connectivity index (χ4n) is 2.82. The van der Waals surface area contributed by atoms with Crippen molar-refractivity contribution in [1.29, 1.82) is 0 Å². The monoisotopic (exact) mass is 548 g/mol. The third kappa shape index (κ3) is 4.67. The highest BCUT2D eigenvalue weighted by Gasteiger charge is 2.32. The molecule has 4 rings (SSSR count). The number of rotatable bonds is 2. The summed E-state index contributed by atoms with van der Waals surface area (Å²) in [5.41, 5.74) is -0.532. The molecule has 168 valence electrons. The zero-order valence-corrected chi connectivity index (χ0v) is 19.9. The minimum absolute atomic E-state index is 0.0947. The van der Waals surface area contributed by atoms with Crippen LogP contribution in [-0.2, 0) is 6.18 Å². The number of hydrogen-bond acceptors (Lipinski definition) is 5. The van der Waals surface area contributed by atoms with Gasteiger partial charge in [-0.2, -0.15) is 18.3 Å². The first-order valence-corrected chi connectivity index (χ1v) is 10.7. The van der Waals surface area contributed by atoms with Crippen LogP contribution in [0.1, 0.15) is 25.0 Å². The highest BCUT2D eigenvalue weighted by Crippen LogP contribution is 2.34. The van der Waals surface area contributed by atoms with E-state index in [4.69, 9.17) is 27.6 Å². The summed E-state index contributed by atoms with van der Waals surface area (Å²) in [6.45, 7) is 5.73. The summed E-state index contributed by atoms with van der Waals surface area (Å²) in [6, 6.07) is 5.28. The normalized spacial score (nSPS) is 11.4. The van der Waals surface area contributed by atoms with Gasteiger partial charge >= 0.3 is 11.8 Å². The van der Waals surface area contributed by atoms with Crippen LogP contribution < -0.4 is 5.63 Å². The molecule has 0 aliphatic rings. The fourth-order valence-corrected chi connectivity index (χ4v) is 3.72. The number of aryl methyl sites for hydroxylation is 1. The van der Waals surface area contributed by atoms with E-state index in [0.29, 0.717) is 26.9 Å². The molecule has 3 heterocycles. The number of pyridine rings is 1. The van der Waals surface area contributed by atoms with Crippen LogP contribution in [0.25, 0.3) is 28.3 Å². The molecule has 0 amide bonds. The van der Waals surface area contributed by atoms with Crippen molar-refractivity contribution in [2.24, 2.45) is 0 Å². The number of hydrogen-bond donors (Lipinski definition) is 0. The van der Waals surface area contributed by atoms with Crippen molar-refractivity contribution >= 4 is 50.0 Å². The maximum absolute atomic E-state index is 12.9. The Labute approximate surface area is 198 Å². The number of nitrogens with zero attached hydrogens (tertiary/aromatic N) is 4. The predicted molar refractivity (Wildman–Crippen MR) is 119 cm³/mol. The first kappa shape index (κ1) is 24.2. The predicted octanol–water partition coefficient (Wildman–Crippen LogP) is 6.86. The van der Waals surface area contributed by atoms with Crippen molar-refractivity contribution in [3.05, 3.63) is 66.7 Å². The quantitative estimate of drug-likeness (QED) is 0.273. The van der Waals surface area contributed by atoms with Crippen LogP contribution in [0.15, 0.2) is 44.3 Å². The van der Waals surface area contributed by atoms with Crippen molar-refractivity contribution in [1.82, 2.24) is 19.7 Å². The topological polar surface area (TPSA) is 73.8 Å². The zero-order chi connectivity index (χ0) is 23.8. The molecule has 3 aromatic heterocycles. The molecular formula is C20H14BrCl2F3N4O2. The average Bonchev–Trinajstić information content (AvgIpc) is 3.11. The molecule has 12 heteroatoms. The molecule has 0 aliphatic carbocycles. The van der Waals surface area contributed by atoms with Crippen molar-refractivity contribution in [3.8, 4) is 17.4 Å². The van der Waals surface area contributed by atoms with Gasteiger partial charge in [0.25, 0.3) is 0 Å². The van der Waals surface area contributed by atoms with Crippen LogP contribution in [0.3, 0.4) is 0 Å². The number of aromatic nitrogens is 4. The van der Waals surface area contributed by atoms with Gasteiger partial charge in [0.2, 0.25) is 5.89 Å². The Morgan fingerprint density at radius 1 is 1.12 bits per heavy atom. The second kappa shape index (κ2) is 9.21. The molecule has 0 N–H and O–H groups in total. The smallest absolute Gasteiger partial charge is 0.401 e. The van der Waals surface area contributed by atoms with E-state index >= 15 is 0 Å². The fraction of sp³-hybridized carbons (Fsp3) is 0.200. The van der Waals surface area contributed by atoms with Gasteiger partial charge in [-0.1, -0.05) is 37.0 Å². The van der Waals surface area contributed by atoms with Gasteiger partial charge in [-0.3, -0.25) is 0 Å². The largest absolute Gasteiger partial charge is 0.417 e. The molecule has 1 aromatic carbocycles. The van der Waals surface area contributed by atoms with Crippen molar-refractivity contribution < 1.29 is 17.6 Å². The molecule has 32 heavy (non-hydrogen) atoms. The van der Waals surface area contributed by atoms with Crippen LogP contribution in [0.2, 0.25) is 10.0 Å². The molecule has 0 saturated heterocycles. The Hall–Kier alpha value is -2.43. The van der Waals surface area contributed by atoms with E-state index in [2.05, 4.69) is 31.0 Å². The van der Waals surface area contributed by atoms with Crippen LogP contribution in [-0.4, -0.2) is 19.7 Å². The number of fused-ring (bicyclic) bond motifs is 1. The van der Waals surface area contributed by atoms with E-state index in [-0.39, 0.29) is 27.8 Å². The lowest BCUT2D eigenvalue weighted by atomic mass is 10.1. The van der Waals surface area contributed by atoms with Crippen molar-refractivity contribution in [3.63, 3.8) is 0 Å². The van der Waals surface area contributed by atoms with E-state index in [9.17, 15) is 18.0 Å². The molecule has 0 spiro atoms. The van der Waals surface area contributed by atoms with Crippen molar-refractivity contribution in [2.75, 3.05) is 0 Å². The Morgan fingerprint density at radius 2 is 1.81 bits per heavy atom. The molecule has 0 fully saturated rings. The van der Waals surface area contributed by atoms with E-state index < -0.39 is 17.4 Å². The van der Waals surface area contributed by atoms with Gasteiger partial charge in [0.15, 0.2) is 5.82 Å². The van der Waals surface area contributed by atoms with Gasteiger partial charge in [-0.15, -0.1) is 0 Å². The third-order valence-electron chi connectivity index (χ3n) is 4.14. The van der Waals surface area contributed by atoms with Gasteiger partial charge in [0, 0.05) is 17.3 Å². The minimum atomic E-state index is -4.60. The standard InChI is InChI=1S/C18H8BrCl2F3N4O2.C2H6/c1-7-2-9(20)4-10-14(7)26-16(30-17(10)29)12-5-13(19)27-28(12)15-11(21)3-8(6-25-15)18(22,23)24;1-2/h2-6H,1H3;1-2H3. The second-order valence-corrected chi connectivity index (χ2v) is 7.87. The summed E-state index contributed by atoms with van der Waals surface area (Å²) in [5.74, 6) is -0.211. The summed E-state index contributed by atoms with van der Waals surface area (Å²) in [6.07, 6.45) is -3.97. The number of alkyl halides is 3. The van der Waals surface area contributed by atoms with E-state index in [0.717, 1.165) is 10.7 Å². The summed E-state index contributed by atoms with van der Waals surface area (Å²) in [7, 11) is 0. The lowest BCUT2D eigenvalue weighted by molar-refractivity contribution is -0.137. The molecule has 0 unspecified atom stereocenters. The van der Waals surface area contributed by atoms with E-state index in [1.807, 2.05) is 13.8 Å². The highest BCUT2D eigenvalue weighted by molar-refractivity contribution is 9.10. The lowest BCUT2D eigenvalue weighted by Crippen LogP contribution is -2.10. The highest BCUT2D eigenvalue weighted by atomic mass is 79.9. The first-order valence-electron chi connectivity index (χ1n) is 9.14. The van der Waals surface area contributed by atoms with Crippen LogP contribution >= 0.6 is 39.1 Å². The SMILES string of the molecule is CC.Cc1cc(Cl)cc2c(=O)oc(-c3cc(Br)nn3-c3ncc(C(F)(F)F)cc3Cl)nc12. The summed E-state index contributed by atoms with van der Waals surface area (Å²) < 4.78 is 45.5. The molecule has 0 saturated carbocycles. The Morgan fingerprint density at radius 3 is 2.44 bits per heavy atom. The molecular weight excluding hydrogens is 536 g/mol. The molecule has 6 nitrogen and oxygen atoms in total. The summed E-state index contributed by atoms with van der Waals surface area (Å²) >= 11 is 15.2. The zero-order valence-electron chi connectivity index (χ0n) is 16.8. The maximum atomic E-state index is 12.9. The van der Waals surface area contributed by atoms with E-state index in [1.165, 1.54) is 12.1 Å². The Kier molecular flexibility index (Phi) is 6.97. The van der Waals surface area contributed by atoms with Gasteiger partial charge in [-0.05, 0) is 46.6 Å². The number of benzene rings is 1. The van der Waals surface area contributed by atoms with Gasteiger partial charge < -0.3 is 4.42 Å². The van der Waals surface area contributed by atoms with Crippen LogP contribution in [0, 0.1) is 6.92 Å². The average molecular weight is 550 g/mol. The van der Waals surface area contributed by atoms with Gasteiger partial charge in [0.05, 0.1) is 21.5 Å². The van der Waals surface area contributed by atoms with Gasteiger partial charge in [-0.25, -0.2) is 19.4 Å². The Balaban J connectivity index is 0.00000141. The van der Waals surface area contributed by atoms with E-state index in [1.54, 1.807) is 13.0 Å². The minimum Gasteiger partial charge on any atom is -0.401 e. The second-order valence-electron chi connectivity index (χ2n) is 6.22. The molecule has 0 aliphatic heterocycles. The van der Waals surface area contributed by atoms with Crippen molar-refractivity contribution in [2.45, 2.75) is 26.9 Å². The molecule has 0 bridgehead atoms.